The number of hydrogen-bond acceptors (Lipinski definition) is 4. The Kier molecular flexibility index (Phi) is 7.26. The number of nitrogens with zero attached hydrogens (tertiary/aromatic N) is 2. The van der Waals surface area contributed by atoms with Crippen molar-refractivity contribution in [3.8, 4) is 11.1 Å². The molecule has 0 radical (unpaired) electrons. The van der Waals surface area contributed by atoms with Gasteiger partial charge in [-0.2, -0.15) is 0 Å². The minimum Gasteiger partial charge on any atom is -0.469 e. The fraction of sp³-hybridized carbons (Fsp3) is 0.481. The Labute approximate surface area is 191 Å². The molecule has 2 aliphatic rings. The van der Waals surface area contributed by atoms with Gasteiger partial charge in [-0.25, -0.2) is 0 Å². The normalized spacial score (nSPS) is 18.4. The number of amides is 1. The molecule has 32 heavy (non-hydrogen) atoms. The van der Waals surface area contributed by atoms with Gasteiger partial charge in [-0.05, 0) is 67.0 Å². The monoisotopic (exact) mass is 434 g/mol. The topological polar surface area (TPSA) is 49.9 Å². The molecular weight excluding hydrogens is 400 g/mol. The van der Waals surface area contributed by atoms with Gasteiger partial charge in [0, 0.05) is 32.1 Å². The summed E-state index contributed by atoms with van der Waals surface area (Å²) in [6.45, 7) is 6.04. The minimum absolute atomic E-state index is 0.0176. The maximum absolute atomic E-state index is 12.4. The van der Waals surface area contributed by atoms with Crippen molar-refractivity contribution in [2.45, 2.75) is 58.0 Å². The van der Waals surface area contributed by atoms with Crippen LogP contribution < -0.4 is 0 Å². The molecule has 0 saturated carbocycles. The zero-order valence-electron chi connectivity index (χ0n) is 19.3. The van der Waals surface area contributed by atoms with Crippen molar-refractivity contribution in [3.05, 3.63) is 59.2 Å². The van der Waals surface area contributed by atoms with Crippen LogP contribution in [0.15, 0.2) is 42.5 Å². The van der Waals surface area contributed by atoms with Crippen molar-refractivity contribution in [2.24, 2.45) is 0 Å². The van der Waals surface area contributed by atoms with Crippen LogP contribution in [-0.4, -0.2) is 54.5 Å². The molecule has 5 heteroatoms. The van der Waals surface area contributed by atoms with E-state index in [1.165, 1.54) is 54.3 Å². The quantitative estimate of drug-likeness (QED) is 0.613. The van der Waals surface area contributed by atoms with Gasteiger partial charge in [-0.15, -0.1) is 0 Å². The van der Waals surface area contributed by atoms with Gasteiger partial charge in [0.15, 0.2) is 0 Å². The van der Waals surface area contributed by atoms with Gasteiger partial charge < -0.3 is 14.5 Å². The predicted molar refractivity (Wildman–Crippen MR) is 126 cm³/mol. The lowest BCUT2D eigenvalue weighted by Crippen LogP contribution is -2.36. The molecule has 5 nitrogen and oxygen atoms in total. The number of esters is 1. The van der Waals surface area contributed by atoms with Crippen LogP contribution in [0.25, 0.3) is 11.1 Å². The molecule has 1 saturated heterocycles. The summed E-state index contributed by atoms with van der Waals surface area (Å²) in [5, 5.41) is 0. The first-order chi connectivity index (χ1) is 15.5. The Morgan fingerprint density at radius 2 is 1.78 bits per heavy atom. The molecule has 0 aliphatic carbocycles. The summed E-state index contributed by atoms with van der Waals surface area (Å²) >= 11 is 0. The lowest BCUT2D eigenvalue weighted by Gasteiger charge is -2.29. The van der Waals surface area contributed by atoms with Crippen molar-refractivity contribution >= 4 is 11.9 Å². The fourth-order valence-corrected chi connectivity index (χ4v) is 4.88. The zero-order valence-corrected chi connectivity index (χ0v) is 19.3. The third kappa shape index (κ3) is 5.39. The Morgan fingerprint density at radius 1 is 1.00 bits per heavy atom. The Balaban J connectivity index is 1.35. The van der Waals surface area contributed by atoms with E-state index in [1.807, 2.05) is 4.90 Å². The zero-order chi connectivity index (χ0) is 22.5. The van der Waals surface area contributed by atoms with Crippen LogP contribution in [0.1, 0.15) is 49.3 Å². The summed E-state index contributed by atoms with van der Waals surface area (Å²) in [5.41, 5.74) is 6.37. The van der Waals surface area contributed by atoms with E-state index in [0.29, 0.717) is 13.1 Å². The molecule has 2 heterocycles. The van der Waals surface area contributed by atoms with Gasteiger partial charge in [0.1, 0.15) is 0 Å². The Morgan fingerprint density at radius 3 is 2.50 bits per heavy atom. The van der Waals surface area contributed by atoms with Gasteiger partial charge in [0.2, 0.25) is 5.91 Å². The third-order valence-corrected chi connectivity index (χ3v) is 7.01. The van der Waals surface area contributed by atoms with Crippen molar-refractivity contribution in [3.63, 3.8) is 0 Å². The molecule has 4 rings (SSSR count). The molecule has 0 bridgehead atoms. The third-order valence-electron chi connectivity index (χ3n) is 7.01. The summed E-state index contributed by atoms with van der Waals surface area (Å²) in [6.07, 6.45) is 4.97. The first-order valence-corrected chi connectivity index (χ1v) is 11.8. The molecule has 2 aromatic carbocycles. The molecular formula is C27H34N2O3. The van der Waals surface area contributed by atoms with Crippen LogP contribution in [0.3, 0.4) is 0 Å². The number of hydrogen-bond donors (Lipinski definition) is 0. The van der Waals surface area contributed by atoms with E-state index < -0.39 is 0 Å². The second-order valence-corrected chi connectivity index (χ2v) is 9.10. The summed E-state index contributed by atoms with van der Waals surface area (Å²) in [4.78, 5) is 28.2. The lowest BCUT2D eigenvalue weighted by atomic mass is 9.94. The molecule has 1 amide bonds. The van der Waals surface area contributed by atoms with E-state index >= 15 is 0 Å². The molecule has 1 fully saturated rings. The number of benzene rings is 2. The van der Waals surface area contributed by atoms with Crippen molar-refractivity contribution < 1.29 is 14.3 Å². The van der Waals surface area contributed by atoms with Gasteiger partial charge >= 0.3 is 5.97 Å². The number of carbonyl (C=O) groups is 2. The first-order valence-electron chi connectivity index (χ1n) is 11.8. The van der Waals surface area contributed by atoms with Crippen molar-refractivity contribution in [2.75, 3.05) is 26.7 Å². The molecule has 170 valence electrons. The number of fused-ring (bicyclic) bond motifs is 1. The molecule has 1 atom stereocenters. The largest absolute Gasteiger partial charge is 0.469 e. The van der Waals surface area contributed by atoms with E-state index in [9.17, 15) is 9.59 Å². The van der Waals surface area contributed by atoms with E-state index in [-0.39, 0.29) is 24.7 Å². The second-order valence-electron chi connectivity index (χ2n) is 9.10. The van der Waals surface area contributed by atoms with Gasteiger partial charge in [-0.3, -0.25) is 9.59 Å². The number of methoxy groups -OCH3 is 1. The van der Waals surface area contributed by atoms with E-state index in [2.05, 4.69) is 59.0 Å². The number of likely N-dealkylation sites (tertiary alicyclic amines) is 1. The smallest absolute Gasteiger partial charge is 0.306 e. The van der Waals surface area contributed by atoms with Crippen LogP contribution in [0.4, 0.5) is 0 Å². The number of carbonyl (C=O) groups excluding carboxylic acids is 2. The molecule has 0 N–H and O–H groups in total. The van der Waals surface area contributed by atoms with Crippen LogP contribution >= 0.6 is 0 Å². The first kappa shape index (κ1) is 22.5. The summed E-state index contributed by atoms with van der Waals surface area (Å²) in [7, 11) is 1.35. The number of ether oxygens (including phenoxy) is 1. The maximum Gasteiger partial charge on any atom is 0.306 e. The molecule has 0 unspecified atom stereocenters. The summed E-state index contributed by atoms with van der Waals surface area (Å²) in [5.74, 6) is -0.318. The highest BCUT2D eigenvalue weighted by molar-refractivity contribution is 5.81. The van der Waals surface area contributed by atoms with Crippen molar-refractivity contribution in [1.82, 2.24) is 9.80 Å². The van der Waals surface area contributed by atoms with Crippen LogP contribution in [0, 0.1) is 0 Å². The highest BCUT2D eigenvalue weighted by atomic mass is 16.5. The van der Waals surface area contributed by atoms with E-state index in [4.69, 9.17) is 0 Å². The molecule has 2 aromatic rings. The molecule has 2 aliphatic heterocycles. The highest BCUT2D eigenvalue weighted by Crippen LogP contribution is 2.27. The highest BCUT2D eigenvalue weighted by Gasteiger charge is 2.22. The molecule has 0 aromatic heterocycles. The van der Waals surface area contributed by atoms with Crippen LogP contribution in [0.2, 0.25) is 0 Å². The second kappa shape index (κ2) is 10.3. The van der Waals surface area contributed by atoms with Gasteiger partial charge in [-0.1, -0.05) is 42.5 Å². The maximum atomic E-state index is 12.4. The Hall–Kier alpha value is -2.66. The van der Waals surface area contributed by atoms with Gasteiger partial charge in [0.25, 0.3) is 0 Å². The Bertz CT molecular complexity index is 954. The minimum atomic E-state index is -0.336. The van der Waals surface area contributed by atoms with Gasteiger partial charge in [0.05, 0.1) is 13.5 Å². The van der Waals surface area contributed by atoms with Crippen LogP contribution in [0.5, 0.6) is 0 Å². The van der Waals surface area contributed by atoms with E-state index in [1.54, 1.807) is 0 Å². The van der Waals surface area contributed by atoms with Crippen LogP contribution in [-0.2, 0) is 33.7 Å². The molecule has 0 spiro atoms. The number of rotatable bonds is 7. The van der Waals surface area contributed by atoms with E-state index in [0.717, 1.165) is 25.4 Å². The fourth-order valence-electron chi connectivity index (χ4n) is 4.88. The summed E-state index contributed by atoms with van der Waals surface area (Å²) in [6, 6.07) is 16.3. The summed E-state index contributed by atoms with van der Waals surface area (Å²) < 4.78 is 4.64. The predicted octanol–water partition coefficient (Wildman–Crippen LogP) is 4.22. The average molecular weight is 435 g/mol. The standard InChI is InChI=1S/C27H34N2O3/c1-20-4-3-15-28(20)16-13-21-5-7-22(8-6-21)23-9-10-25-19-29(17-14-24(25)18-23)26(30)11-12-27(31)32-2/h5-10,18,20H,3-4,11-17,19H2,1-2H3/t20-/m1/s1. The SMILES string of the molecule is COC(=O)CCC(=O)N1CCc2cc(-c3ccc(CCN4CCC[C@H]4C)cc3)ccc2C1. The lowest BCUT2D eigenvalue weighted by molar-refractivity contribution is -0.143. The van der Waals surface area contributed by atoms with Crippen molar-refractivity contribution in [1.29, 1.82) is 0 Å². The average Bonchev–Trinajstić information content (AvgIpc) is 3.25.